The maximum atomic E-state index is 13.1. The van der Waals surface area contributed by atoms with Gasteiger partial charge in [-0.15, -0.1) is 0 Å². The number of thiocarbonyl (C=S) groups is 1. The van der Waals surface area contributed by atoms with Crippen molar-refractivity contribution in [3.05, 3.63) is 64.5 Å². The Morgan fingerprint density at radius 2 is 2.11 bits per heavy atom. The van der Waals surface area contributed by atoms with E-state index in [1.165, 1.54) is 12.1 Å². The van der Waals surface area contributed by atoms with E-state index in [1.807, 2.05) is 17.8 Å². The molecule has 0 spiro atoms. The number of aryl methyl sites for hydroxylation is 3. The van der Waals surface area contributed by atoms with Crippen LogP contribution >= 0.6 is 23.8 Å². The quantitative estimate of drug-likeness (QED) is 0.448. The average molecular weight is 421 g/mol. The zero-order valence-electron chi connectivity index (χ0n) is 15.7. The number of benzene rings is 1. The minimum Gasteiger partial charge on any atom is -0.362 e. The van der Waals surface area contributed by atoms with Gasteiger partial charge in [0, 0.05) is 30.0 Å². The molecule has 0 saturated carbocycles. The van der Waals surface area contributed by atoms with Crippen molar-refractivity contribution in [2.75, 3.05) is 11.9 Å². The molecule has 0 bridgehead atoms. The Kier molecular flexibility index (Phi) is 6.64. The Labute approximate surface area is 173 Å². The van der Waals surface area contributed by atoms with Crippen molar-refractivity contribution in [2.24, 2.45) is 0 Å². The van der Waals surface area contributed by atoms with E-state index in [4.69, 9.17) is 23.8 Å². The molecule has 0 aliphatic carbocycles. The van der Waals surface area contributed by atoms with Gasteiger partial charge in [0.2, 0.25) is 0 Å². The highest BCUT2D eigenvalue weighted by Gasteiger charge is 2.06. The number of anilines is 1. The molecule has 148 valence electrons. The van der Waals surface area contributed by atoms with Crippen LogP contribution in [-0.2, 0) is 13.1 Å². The van der Waals surface area contributed by atoms with E-state index >= 15 is 0 Å². The Bertz CT molecular complexity index is 967. The van der Waals surface area contributed by atoms with Crippen LogP contribution in [0.3, 0.4) is 0 Å². The highest BCUT2D eigenvalue weighted by atomic mass is 35.5. The van der Waals surface area contributed by atoms with Crippen molar-refractivity contribution in [1.82, 2.24) is 24.9 Å². The number of hydrogen-bond acceptors (Lipinski definition) is 3. The molecule has 3 aromatic rings. The summed E-state index contributed by atoms with van der Waals surface area (Å²) in [6.07, 6.45) is 4.41. The van der Waals surface area contributed by atoms with Gasteiger partial charge in [0.25, 0.3) is 0 Å². The lowest BCUT2D eigenvalue weighted by Crippen LogP contribution is -2.29. The number of aromatic nitrogens is 4. The van der Waals surface area contributed by atoms with Gasteiger partial charge in [-0.05, 0) is 56.2 Å². The molecule has 2 N–H and O–H groups in total. The van der Waals surface area contributed by atoms with Crippen molar-refractivity contribution < 1.29 is 4.39 Å². The maximum Gasteiger partial charge on any atom is 0.170 e. The molecule has 0 amide bonds. The second kappa shape index (κ2) is 9.16. The molecule has 6 nitrogen and oxygen atoms in total. The molecule has 9 heteroatoms. The van der Waals surface area contributed by atoms with Gasteiger partial charge in [-0.3, -0.25) is 9.36 Å². The minimum atomic E-state index is -0.356. The number of rotatable bonds is 7. The first-order chi connectivity index (χ1) is 13.4. The summed E-state index contributed by atoms with van der Waals surface area (Å²) in [5.41, 5.74) is 3.75. The Morgan fingerprint density at radius 1 is 1.29 bits per heavy atom. The van der Waals surface area contributed by atoms with Crippen LogP contribution in [0.5, 0.6) is 0 Å². The molecule has 0 unspecified atom stereocenters. The van der Waals surface area contributed by atoms with E-state index in [-0.39, 0.29) is 5.82 Å². The smallest absolute Gasteiger partial charge is 0.170 e. The fourth-order valence-electron chi connectivity index (χ4n) is 2.85. The zero-order valence-corrected chi connectivity index (χ0v) is 17.3. The minimum absolute atomic E-state index is 0.356. The van der Waals surface area contributed by atoms with Gasteiger partial charge < -0.3 is 10.6 Å². The van der Waals surface area contributed by atoms with Crippen molar-refractivity contribution >= 4 is 34.6 Å². The fraction of sp³-hybridized carbons (Fsp3) is 0.316. The maximum absolute atomic E-state index is 13.1. The highest BCUT2D eigenvalue weighted by molar-refractivity contribution is 7.80. The third kappa shape index (κ3) is 5.53. The predicted molar refractivity (Wildman–Crippen MR) is 113 cm³/mol. The first-order valence-electron chi connectivity index (χ1n) is 8.93. The van der Waals surface area contributed by atoms with Crippen LogP contribution in [0.2, 0.25) is 5.02 Å². The van der Waals surface area contributed by atoms with Crippen LogP contribution in [0.25, 0.3) is 0 Å². The highest BCUT2D eigenvalue weighted by Crippen LogP contribution is 2.18. The van der Waals surface area contributed by atoms with E-state index in [2.05, 4.69) is 33.8 Å². The normalized spacial score (nSPS) is 10.9. The molecule has 0 aliphatic rings. The lowest BCUT2D eigenvalue weighted by atomic mass is 10.2. The molecule has 2 heterocycles. The Balaban J connectivity index is 1.44. The van der Waals surface area contributed by atoms with Gasteiger partial charge in [0.05, 0.1) is 24.1 Å². The van der Waals surface area contributed by atoms with E-state index in [9.17, 15) is 4.39 Å². The number of hydrogen-bond donors (Lipinski definition) is 2. The van der Waals surface area contributed by atoms with Crippen molar-refractivity contribution in [3.8, 4) is 0 Å². The summed E-state index contributed by atoms with van der Waals surface area (Å²) < 4.78 is 16.8. The van der Waals surface area contributed by atoms with Gasteiger partial charge in [-0.25, -0.2) is 4.39 Å². The second-order valence-electron chi connectivity index (χ2n) is 6.55. The monoisotopic (exact) mass is 420 g/mol. The van der Waals surface area contributed by atoms with Crippen LogP contribution in [-0.4, -0.2) is 31.2 Å². The third-order valence-electron chi connectivity index (χ3n) is 4.17. The van der Waals surface area contributed by atoms with E-state index in [0.717, 1.165) is 42.1 Å². The van der Waals surface area contributed by atoms with E-state index in [1.54, 1.807) is 16.9 Å². The summed E-state index contributed by atoms with van der Waals surface area (Å²) in [5, 5.41) is 15.9. The Morgan fingerprint density at radius 3 is 2.82 bits per heavy atom. The molecular formula is C19H22ClFN6S. The summed E-state index contributed by atoms with van der Waals surface area (Å²) in [6.45, 7) is 6.07. The summed E-state index contributed by atoms with van der Waals surface area (Å²) in [4.78, 5) is 0. The standard InChI is InChI=1S/C19H22ClFN6S/c1-13-8-14(2)27(25-13)7-3-6-22-19(28)24-17-10-23-26(12-17)11-15-4-5-16(21)9-18(15)20/h4-5,8-10,12H,3,6-7,11H2,1-2H3,(H2,22,24,28). The van der Waals surface area contributed by atoms with Gasteiger partial charge in [0.1, 0.15) is 5.82 Å². The lowest BCUT2D eigenvalue weighted by molar-refractivity contribution is 0.558. The topological polar surface area (TPSA) is 59.7 Å². The zero-order chi connectivity index (χ0) is 20.1. The second-order valence-corrected chi connectivity index (χ2v) is 7.36. The van der Waals surface area contributed by atoms with Crippen LogP contribution in [0.4, 0.5) is 10.1 Å². The number of halogens is 2. The van der Waals surface area contributed by atoms with Gasteiger partial charge in [-0.1, -0.05) is 17.7 Å². The molecule has 0 aliphatic heterocycles. The van der Waals surface area contributed by atoms with E-state index in [0.29, 0.717) is 16.7 Å². The molecule has 0 saturated heterocycles. The largest absolute Gasteiger partial charge is 0.362 e. The lowest BCUT2D eigenvalue weighted by Gasteiger charge is -2.09. The third-order valence-corrected chi connectivity index (χ3v) is 4.77. The molecule has 2 aromatic heterocycles. The van der Waals surface area contributed by atoms with Gasteiger partial charge in [-0.2, -0.15) is 10.2 Å². The van der Waals surface area contributed by atoms with Gasteiger partial charge >= 0.3 is 0 Å². The predicted octanol–water partition coefficient (Wildman–Crippen LogP) is 3.91. The number of nitrogens with zero attached hydrogens (tertiary/aromatic N) is 4. The Hall–Kier alpha value is -2.45. The van der Waals surface area contributed by atoms with Crippen molar-refractivity contribution in [2.45, 2.75) is 33.4 Å². The fourth-order valence-corrected chi connectivity index (χ4v) is 3.29. The molecule has 0 atom stereocenters. The van der Waals surface area contributed by atoms with Crippen molar-refractivity contribution in [3.63, 3.8) is 0 Å². The summed E-state index contributed by atoms with van der Waals surface area (Å²) in [7, 11) is 0. The number of nitrogens with one attached hydrogen (secondary N) is 2. The SMILES string of the molecule is Cc1cc(C)n(CCCNC(=S)Nc2cnn(Cc3ccc(F)cc3Cl)c2)n1. The molecule has 0 fully saturated rings. The molecule has 28 heavy (non-hydrogen) atoms. The van der Waals surface area contributed by atoms with E-state index < -0.39 is 0 Å². The van der Waals surface area contributed by atoms with Crippen LogP contribution in [0, 0.1) is 19.7 Å². The summed E-state index contributed by atoms with van der Waals surface area (Å²) in [6, 6.07) is 6.40. The van der Waals surface area contributed by atoms with Crippen LogP contribution in [0.15, 0.2) is 36.7 Å². The first-order valence-corrected chi connectivity index (χ1v) is 9.71. The molecule has 1 aromatic carbocycles. The molecular weight excluding hydrogens is 399 g/mol. The average Bonchev–Trinajstić information content (AvgIpc) is 3.20. The van der Waals surface area contributed by atoms with Crippen LogP contribution < -0.4 is 10.6 Å². The first kappa shape index (κ1) is 20.3. The molecule has 3 rings (SSSR count). The van der Waals surface area contributed by atoms with Gasteiger partial charge in [0.15, 0.2) is 5.11 Å². The summed E-state index contributed by atoms with van der Waals surface area (Å²) in [5.74, 6) is -0.356. The van der Waals surface area contributed by atoms with Crippen molar-refractivity contribution in [1.29, 1.82) is 0 Å². The van der Waals surface area contributed by atoms with Crippen LogP contribution in [0.1, 0.15) is 23.4 Å². The summed E-state index contributed by atoms with van der Waals surface area (Å²) >= 11 is 11.4. The molecule has 0 radical (unpaired) electrons.